The third-order valence-electron chi connectivity index (χ3n) is 4.61. The van der Waals surface area contributed by atoms with Crippen molar-refractivity contribution in [2.75, 3.05) is 5.32 Å². The molecule has 0 aliphatic carbocycles. The molecule has 0 bridgehead atoms. The van der Waals surface area contributed by atoms with Crippen molar-refractivity contribution in [3.05, 3.63) is 58.5 Å². The third-order valence-corrected chi connectivity index (χ3v) is 4.61. The van der Waals surface area contributed by atoms with Gasteiger partial charge in [0.1, 0.15) is 18.1 Å². The summed E-state index contributed by atoms with van der Waals surface area (Å²) in [6.07, 6.45) is 4.41. The van der Waals surface area contributed by atoms with E-state index in [0.717, 1.165) is 18.7 Å². The van der Waals surface area contributed by atoms with E-state index in [4.69, 9.17) is 4.42 Å². The monoisotopic (exact) mass is 366 g/mol. The highest BCUT2D eigenvalue weighted by Gasteiger charge is 2.19. The second-order valence-electron chi connectivity index (χ2n) is 6.52. The van der Waals surface area contributed by atoms with E-state index in [2.05, 4.69) is 15.6 Å². The number of hydrogen-bond donors (Lipinski definition) is 2. The Bertz CT molecular complexity index is 1090. The maximum atomic E-state index is 12.6. The van der Waals surface area contributed by atoms with Gasteiger partial charge in [0.2, 0.25) is 5.91 Å². The molecule has 0 radical (unpaired) electrons. The Hall–Kier alpha value is -3.42. The molecule has 1 aliphatic rings. The molecule has 1 aliphatic heterocycles. The molecule has 27 heavy (non-hydrogen) atoms. The van der Waals surface area contributed by atoms with Gasteiger partial charge in [0, 0.05) is 18.7 Å². The lowest BCUT2D eigenvalue weighted by Crippen LogP contribution is -2.41. The SMILES string of the molecule is CC(NC(=O)c1ccoc1)C(=O)Nc1ccc2nc3n(c(=O)c2c1)CCC3. The van der Waals surface area contributed by atoms with Crippen LogP contribution in [0.25, 0.3) is 10.9 Å². The number of amides is 2. The molecule has 0 spiro atoms. The number of nitrogens with one attached hydrogen (secondary N) is 2. The van der Waals surface area contributed by atoms with Crippen molar-refractivity contribution in [3.8, 4) is 0 Å². The molecule has 2 aromatic heterocycles. The van der Waals surface area contributed by atoms with Crippen LogP contribution in [0, 0.1) is 0 Å². The molecule has 1 unspecified atom stereocenters. The molecule has 8 nitrogen and oxygen atoms in total. The summed E-state index contributed by atoms with van der Waals surface area (Å²) in [6.45, 7) is 2.25. The van der Waals surface area contributed by atoms with Crippen LogP contribution in [0.5, 0.6) is 0 Å². The quantitative estimate of drug-likeness (QED) is 0.731. The summed E-state index contributed by atoms with van der Waals surface area (Å²) in [4.78, 5) is 41.5. The highest BCUT2D eigenvalue weighted by atomic mass is 16.3. The normalized spacial score (nSPS) is 14.0. The molecule has 1 atom stereocenters. The van der Waals surface area contributed by atoms with Crippen LogP contribution < -0.4 is 16.2 Å². The first-order valence-electron chi connectivity index (χ1n) is 8.70. The van der Waals surface area contributed by atoms with Gasteiger partial charge < -0.3 is 15.1 Å². The van der Waals surface area contributed by atoms with Gasteiger partial charge in [-0.05, 0) is 37.6 Å². The summed E-state index contributed by atoms with van der Waals surface area (Å²) >= 11 is 0. The highest BCUT2D eigenvalue weighted by molar-refractivity contribution is 6.01. The van der Waals surface area contributed by atoms with Gasteiger partial charge in [-0.1, -0.05) is 0 Å². The van der Waals surface area contributed by atoms with Crippen LogP contribution in [0.1, 0.15) is 29.5 Å². The van der Waals surface area contributed by atoms with E-state index in [1.807, 2.05) is 0 Å². The summed E-state index contributed by atoms with van der Waals surface area (Å²) < 4.78 is 6.54. The Morgan fingerprint density at radius 3 is 2.93 bits per heavy atom. The van der Waals surface area contributed by atoms with Gasteiger partial charge in [0.05, 0.1) is 22.7 Å². The fraction of sp³-hybridized carbons (Fsp3) is 0.263. The zero-order chi connectivity index (χ0) is 19.0. The molecule has 8 heteroatoms. The average Bonchev–Trinajstić information content (AvgIpc) is 3.34. The van der Waals surface area contributed by atoms with Gasteiger partial charge in [-0.3, -0.25) is 19.0 Å². The summed E-state index contributed by atoms with van der Waals surface area (Å²) in [7, 11) is 0. The molecule has 0 fully saturated rings. The molecular weight excluding hydrogens is 348 g/mol. The molecule has 3 aromatic rings. The minimum absolute atomic E-state index is 0.0927. The Morgan fingerprint density at radius 1 is 1.30 bits per heavy atom. The molecular formula is C19H18N4O4. The van der Waals surface area contributed by atoms with Crippen LogP contribution in [0.4, 0.5) is 5.69 Å². The smallest absolute Gasteiger partial charge is 0.261 e. The summed E-state index contributed by atoms with van der Waals surface area (Å²) in [5, 5.41) is 5.79. The second-order valence-corrected chi connectivity index (χ2v) is 6.52. The largest absolute Gasteiger partial charge is 0.472 e. The molecule has 138 valence electrons. The van der Waals surface area contributed by atoms with Crippen LogP contribution in [0.2, 0.25) is 0 Å². The maximum Gasteiger partial charge on any atom is 0.261 e. The van der Waals surface area contributed by atoms with Gasteiger partial charge in [0.15, 0.2) is 0 Å². The van der Waals surface area contributed by atoms with E-state index >= 15 is 0 Å². The first-order valence-corrected chi connectivity index (χ1v) is 8.70. The van der Waals surface area contributed by atoms with Crippen molar-refractivity contribution in [1.82, 2.24) is 14.9 Å². The second kappa shape index (κ2) is 6.71. The number of benzene rings is 1. The molecule has 2 N–H and O–H groups in total. The standard InChI is InChI=1S/C19H18N4O4/c1-11(20-18(25)12-6-8-27-10-12)17(24)21-13-4-5-15-14(9-13)19(26)23-7-2-3-16(23)22-15/h4-6,8-11H,2-3,7H2,1H3,(H,20,25)(H,21,24). The fourth-order valence-electron chi connectivity index (χ4n) is 3.15. The molecule has 2 amide bonds. The predicted octanol–water partition coefficient (Wildman–Crippen LogP) is 1.69. The van der Waals surface area contributed by atoms with E-state index in [0.29, 0.717) is 28.7 Å². The predicted molar refractivity (Wildman–Crippen MR) is 98.6 cm³/mol. The average molecular weight is 366 g/mol. The summed E-state index contributed by atoms with van der Waals surface area (Å²) in [5.74, 6) is 0.0169. The van der Waals surface area contributed by atoms with Crippen LogP contribution in [0.15, 0.2) is 46.0 Å². The Balaban J connectivity index is 1.52. The lowest BCUT2D eigenvalue weighted by atomic mass is 10.2. The van der Waals surface area contributed by atoms with Crippen molar-refractivity contribution in [2.24, 2.45) is 0 Å². The van der Waals surface area contributed by atoms with Crippen LogP contribution in [0.3, 0.4) is 0 Å². The number of carbonyl (C=O) groups is 2. The number of carbonyl (C=O) groups excluding carboxylic acids is 2. The first-order chi connectivity index (χ1) is 13.0. The molecule has 0 saturated heterocycles. The number of rotatable bonds is 4. The van der Waals surface area contributed by atoms with Crippen molar-refractivity contribution < 1.29 is 14.0 Å². The maximum absolute atomic E-state index is 12.6. The number of anilines is 1. The van der Waals surface area contributed by atoms with E-state index in [-0.39, 0.29) is 11.5 Å². The topological polar surface area (TPSA) is 106 Å². The number of furan rings is 1. The highest BCUT2D eigenvalue weighted by Crippen LogP contribution is 2.18. The van der Waals surface area contributed by atoms with Gasteiger partial charge in [-0.15, -0.1) is 0 Å². The Kier molecular flexibility index (Phi) is 4.23. The lowest BCUT2D eigenvalue weighted by molar-refractivity contribution is -0.117. The molecule has 0 saturated carbocycles. The number of hydrogen-bond acceptors (Lipinski definition) is 5. The van der Waals surface area contributed by atoms with Gasteiger partial charge in [0.25, 0.3) is 11.5 Å². The van der Waals surface area contributed by atoms with Crippen molar-refractivity contribution in [2.45, 2.75) is 32.4 Å². The Labute approximate surface area is 154 Å². The van der Waals surface area contributed by atoms with Gasteiger partial charge >= 0.3 is 0 Å². The zero-order valence-corrected chi connectivity index (χ0v) is 14.7. The van der Waals surface area contributed by atoms with Crippen LogP contribution in [-0.4, -0.2) is 27.4 Å². The van der Waals surface area contributed by atoms with Crippen molar-refractivity contribution in [3.63, 3.8) is 0 Å². The lowest BCUT2D eigenvalue weighted by Gasteiger charge is -2.14. The van der Waals surface area contributed by atoms with Crippen LogP contribution in [-0.2, 0) is 17.8 Å². The van der Waals surface area contributed by atoms with E-state index in [1.54, 1.807) is 29.7 Å². The molecule has 4 rings (SSSR count). The molecule has 3 heterocycles. The van der Waals surface area contributed by atoms with E-state index < -0.39 is 11.9 Å². The van der Waals surface area contributed by atoms with E-state index in [1.165, 1.54) is 18.6 Å². The number of aryl methyl sites for hydroxylation is 1. The molecule has 1 aromatic carbocycles. The first kappa shape index (κ1) is 17.0. The fourth-order valence-corrected chi connectivity index (χ4v) is 3.15. The summed E-state index contributed by atoms with van der Waals surface area (Å²) in [5.41, 5.74) is 1.35. The number of fused-ring (bicyclic) bond motifs is 2. The minimum atomic E-state index is -0.762. The minimum Gasteiger partial charge on any atom is -0.472 e. The van der Waals surface area contributed by atoms with Crippen molar-refractivity contribution in [1.29, 1.82) is 0 Å². The van der Waals surface area contributed by atoms with Crippen molar-refractivity contribution >= 4 is 28.4 Å². The Morgan fingerprint density at radius 2 is 2.15 bits per heavy atom. The number of aromatic nitrogens is 2. The van der Waals surface area contributed by atoms with Crippen LogP contribution >= 0.6 is 0 Å². The zero-order valence-electron chi connectivity index (χ0n) is 14.7. The van der Waals surface area contributed by atoms with Gasteiger partial charge in [-0.2, -0.15) is 0 Å². The summed E-state index contributed by atoms with van der Waals surface area (Å²) in [6, 6.07) is 5.80. The third kappa shape index (κ3) is 3.21. The van der Waals surface area contributed by atoms with Gasteiger partial charge in [-0.25, -0.2) is 4.98 Å². The van der Waals surface area contributed by atoms with E-state index in [9.17, 15) is 14.4 Å². The number of nitrogens with zero attached hydrogens (tertiary/aromatic N) is 2.